The van der Waals surface area contributed by atoms with Crippen molar-refractivity contribution in [1.82, 2.24) is 0 Å². The van der Waals surface area contributed by atoms with E-state index >= 15 is 0 Å². The van der Waals surface area contributed by atoms with E-state index in [2.05, 4.69) is 0 Å². The summed E-state index contributed by atoms with van der Waals surface area (Å²) >= 11 is 0. The molecule has 3 rings (SSSR count). The monoisotopic (exact) mass is 140 g/mol. The molecular weight excluding hydrogens is 128 g/mol. The third-order valence-electron chi connectivity index (χ3n) is 3.18. The normalized spacial score (nSPS) is 57.6. The van der Waals surface area contributed by atoms with Crippen LogP contribution in [0.2, 0.25) is 0 Å². The summed E-state index contributed by atoms with van der Waals surface area (Å²) in [6.07, 6.45) is 4.97. The van der Waals surface area contributed by atoms with Crippen LogP contribution in [0.5, 0.6) is 0 Å². The number of hydrogen-bond acceptors (Lipinski definition) is 2. The molecule has 2 aliphatic heterocycles. The molecule has 0 radical (unpaired) electrons. The smallest absolute Gasteiger partial charge is 0.0918 e. The molecule has 2 nitrogen and oxygen atoms in total. The van der Waals surface area contributed by atoms with Crippen LogP contribution >= 0.6 is 0 Å². The average molecular weight is 140 g/mol. The van der Waals surface area contributed by atoms with Gasteiger partial charge in [-0.05, 0) is 25.7 Å². The fourth-order valence-electron chi connectivity index (χ4n) is 1.94. The molecule has 2 heterocycles. The van der Waals surface area contributed by atoms with E-state index in [1.807, 2.05) is 0 Å². The molecule has 1 saturated carbocycles. The second-order valence-corrected chi connectivity index (χ2v) is 3.94. The zero-order chi connectivity index (χ0) is 6.66. The number of rotatable bonds is 0. The Morgan fingerprint density at radius 2 is 1.00 bits per heavy atom. The van der Waals surface area contributed by atoms with Crippen LogP contribution in [0, 0.1) is 0 Å². The molecule has 0 unspecified atom stereocenters. The van der Waals surface area contributed by atoms with E-state index in [9.17, 15) is 0 Å². The number of epoxide rings is 2. The van der Waals surface area contributed by atoms with Crippen molar-refractivity contribution >= 4 is 0 Å². The van der Waals surface area contributed by atoms with Gasteiger partial charge in [-0.2, -0.15) is 0 Å². The molecule has 3 aliphatic rings. The van der Waals surface area contributed by atoms with Gasteiger partial charge in [0.05, 0.1) is 24.4 Å². The third-order valence-corrected chi connectivity index (χ3v) is 3.18. The fourth-order valence-corrected chi connectivity index (χ4v) is 1.94. The minimum atomic E-state index is 0.344. The van der Waals surface area contributed by atoms with Gasteiger partial charge in [0.15, 0.2) is 0 Å². The van der Waals surface area contributed by atoms with Gasteiger partial charge in [0.25, 0.3) is 0 Å². The van der Waals surface area contributed by atoms with Crippen molar-refractivity contribution in [3.05, 3.63) is 0 Å². The Bertz CT molecular complexity index is 136. The van der Waals surface area contributed by atoms with Crippen molar-refractivity contribution < 1.29 is 9.47 Å². The zero-order valence-electron chi connectivity index (χ0n) is 6.06. The van der Waals surface area contributed by atoms with Gasteiger partial charge in [-0.1, -0.05) is 0 Å². The first-order valence-corrected chi connectivity index (χ1v) is 4.11. The first-order valence-electron chi connectivity index (χ1n) is 4.11. The SMILES string of the molecule is C1CC2(CCC13CO3)CO2. The Balaban J connectivity index is 1.72. The first-order chi connectivity index (χ1) is 4.83. The van der Waals surface area contributed by atoms with Gasteiger partial charge in [-0.3, -0.25) is 0 Å². The Morgan fingerprint density at radius 1 is 0.700 bits per heavy atom. The highest BCUT2D eigenvalue weighted by Crippen LogP contribution is 2.50. The molecule has 0 aromatic heterocycles. The van der Waals surface area contributed by atoms with Crippen LogP contribution in [0.15, 0.2) is 0 Å². The lowest BCUT2D eigenvalue weighted by Crippen LogP contribution is -2.26. The zero-order valence-corrected chi connectivity index (χ0v) is 6.06. The Kier molecular flexibility index (Phi) is 0.783. The molecule has 0 aromatic rings. The fraction of sp³-hybridized carbons (Fsp3) is 1.00. The van der Waals surface area contributed by atoms with E-state index in [1.54, 1.807) is 0 Å². The van der Waals surface area contributed by atoms with Crippen LogP contribution in [0.3, 0.4) is 0 Å². The highest BCUT2D eigenvalue weighted by atomic mass is 16.6. The summed E-state index contributed by atoms with van der Waals surface area (Å²) in [5.41, 5.74) is 0.689. The van der Waals surface area contributed by atoms with Crippen molar-refractivity contribution in [1.29, 1.82) is 0 Å². The summed E-state index contributed by atoms with van der Waals surface area (Å²) < 4.78 is 10.8. The second-order valence-electron chi connectivity index (χ2n) is 3.94. The maximum absolute atomic E-state index is 5.40. The number of hydrogen-bond donors (Lipinski definition) is 0. The van der Waals surface area contributed by atoms with Gasteiger partial charge < -0.3 is 9.47 Å². The largest absolute Gasteiger partial charge is 0.370 e. The summed E-state index contributed by atoms with van der Waals surface area (Å²) in [4.78, 5) is 0. The van der Waals surface area contributed by atoms with Gasteiger partial charge in [0.2, 0.25) is 0 Å². The Hall–Kier alpha value is -0.0800. The maximum atomic E-state index is 5.40. The molecule has 2 heteroatoms. The van der Waals surface area contributed by atoms with Crippen molar-refractivity contribution in [3.8, 4) is 0 Å². The topological polar surface area (TPSA) is 25.1 Å². The second kappa shape index (κ2) is 1.41. The average Bonchev–Trinajstić information content (AvgIpc) is 2.75. The maximum Gasteiger partial charge on any atom is 0.0918 e. The van der Waals surface area contributed by atoms with Crippen LogP contribution in [0.1, 0.15) is 25.7 Å². The lowest BCUT2D eigenvalue weighted by molar-refractivity contribution is 0.160. The van der Waals surface area contributed by atoms with E-state index in [1.165, 1.54) is 25.7 Å². The molecular formula is C8H12O2. The molecule has 0 amide bonds. The lowest BCUT2D eigenvalue weighted by atomic mass is 9.82. The molecule has 1 aliphatic carbocycles. The summed E-state index contributed by atoms with van der Waals surface area (Å²) in [6.45, 7) is 2.03. The standard InChI is InChI=1S/C8H12O2/c1-2-8(6-10-8)4-3-7(1)5-9-7/h1-6H2. The third kappa shape index (κ3) is 0.663. The highest BCUT2D eigenvalue weighted by Gasteiger charge is 2.56. The van der Waals surface area contributed by atoms with Crippen molar-refractivity contribution in [2.45, 2.75) is 36.9 Å². The van der Waals surface area contributed by atoms with Gasteiger partial charge in [-0.25, -0.2) is 0 Å². The van der Waals surface area contributed by atoms with E-state index in [0.29, 0.717) is 11.2 Å². The van der Waals surface area contributed by atoms with E-state index in [4.69, 9.17) is 9.47 Å². The lowest BCUT2D eigenvalue weighted by Gasteiger charge is -2.22. The van der Waals surface area contributed by atoms with Gasteiger partial charge in [0.1, 0.15) is 0 Å². The van der Waals surface area contributed by atoms with E-state index in [0.717, 1.165) is 13.2 Å². The summed E-state index contributed by atoms with van der Waals surface area (Å²) in [7, 11) is 0. The van der Waals surface area contributed by atoms with Crippen LogP contribution < -0.4 is 0 Å². The van der Waals surface area contributed by atoms with Crippen LogP contribution in [-0.4, -0.2) is 24.4 Å². The molecule has 3 fully saturated rings. The Labute approximate surface area is 60.5 Å². The highest BCUT2D eigenvalue weighted by molar-refractivity contribution is 5.05. The van der Waals surface area contributed by atoms with Gasteiger partial charge in [-0.15, -0.1) is 0 Å². The molecule has 10 heavy (non-hydrogen) atoms. The van der Waals surface area contributed by atoms with Crippen molar-refractivity contribution in [3.63, 3.8) is 0 Å². The molecule has 0 aromatic carbocycles. The van der Waals surface area contributed by atoms with Gasteiger partial charge >= 0.3 is 0 Å². The molecule has 2 spiro atoms. The summed E-state index contributed by atoms with van der Waals surface area (Å²) in [6, 6.07) is 0. The van der Waals surface area contributed by atoms with Crippen molar-refractivity contribution in [2.24, 2.45) is 0 Å². The minimum absolute atomic E-state index is 0.344. The quantitative estimate of drug-likeness (QED) is 0.471. The molecule has 0 atom stereocenters. The predicted molar refractivity (Wildman–Crippen MR) is 35.8 cm³/mol. The van der Waals surface area contributed by atoms with Crippen molar-refractivity contribution in [2.75, 3.05) is 13.2 Å². The summed E-state index contributed by atoms with van der Waals surface area (Å²) in [5, 5.41) is 0. The van der Waals surface area contributed by atoms with Crippen LogP contribution in [0.4, 0.5) is 0 Å². The molecule has 56 valence electrons. The van der Waals surface area contributed by atoms with Crippen LogP contribution in [-0.2, 0) is 9.47 Å². The van der Waals surface area contributed by atoms with Crippen LogP contribution in [0.25, 0.3) is 0 Å². The number of ether oxygens (including phenoxy) is 2. The van der Waals surface area contributed by atoms with Gasteiger partial charge in [0, 0.05) is 0 Å². The first kappa shape index (κ1) is 5.56. The van der Waals surface area contributed by atoms with E-state index in [-0.39, 0.29) is 0 Å². The summed E-state index contributed by atoms with van der Waals surface area (Å²) in [5.74, 6) is 0. The Morgan fingerprint density at radius 3 is 1.20 bits per heavy atom. The minimum Gasteiger partial charge on any atom is -0.370 e. The molecule has 2 saturated heterocycles. The predicted octanol–water partition coefficient (Wildman–Crippen LogP) is 1.10. The molecule has 0 N–H and O–H groups in total. The molecule has 0 bridgehead atoms. The van der Waals surface area contributed by atoms with E-state index < -0.39 is 0 Å².